The van der Waals surface area contributed by atoms with Gasteiger partial charge in [0, 0.05) is 29.1 Å². The number of hydrogen-bond donors (Lipinski definition) is 2. The molecule has 0 aliphatic carbocycles. The minimum atomic E-state index is -0.957. The third kappa shape index (κ3) is 3.82. The molecule has 34 heavy (non-hydrogen) atoms. The molecule has 0 saturated carbocycles. The van der Waals surface area contributed by atoms with Crippen molar-refractivity contribution in [3.05, 3.63) is 88.4 Å². The number of ether oxygens (including phenoxy) is 2. The number of carbonyl (C=O) groups excluding carboxylic acids is 2. The van der Waals surface area contributed by atoms with E-state index in [1.807, 2.05) is 43.3 Å². The average Bonchev–Trinajstić information content (AvgIpc) is 2.82. The molecule has 1 saturated heterocycles. The van der Waals surface area contributed by atoms with E-state index in [0.29, 0.717) is 40.7 Å². The van der Waals surface area contributed by atoms with Crippen molar-refractivity contribution in [2.75, 3.05) is 12.0 Å². The lowest BCUT2D eigenvalue weighted by atomic mass is 9.89. The summed E-state index contributed by atoms with van der Waals surface area (Å²) >= 11 is 6.19. The van der Waals surface area contributed by atoms with E-state index in [2.05, 4.69) is 10.6 Å². The molecule has 2 unspecified atom stereocenters. The standard InChI is InChI=1S/C26H24ClN3O4/c1-26-14-21(19-10-6-12-22(33-2)23(19)34-26)29-25(32)30(26)18-9-5-8-16(13-18)24(31)28-15-17-7-3-4-11-20(17)27/h3-13,21H,14-15H2,1-2H3,(H,28,31)(H,29,32). The van der Waals surface area contributed by atoms with Gasteiger partial charge in [-0.25, -0.2) is 4.79 Å². The number of benzene rings is 3. The van der Waals surface area contributed by atoms with Crippen molar-refractivity contribution in [2.24, 2.45) is 0 Å². The number of urea groups is 1. The second-order valence-electron chi connectivity index (χ2n) is 8.52. The number of carbonyl (C=O) groups is 2. The molecule has 2 aliphatic rings. The summed E-state index contributed by atoms with van der Waals surface area (Å²) in [4.78, 5) is 27.6. The third-order valence-corrected chi connectivity index (χ3v) is 6.62. The molecule has 0 radical (unpaired) electrons. The Hall–Kier alpha value is -3.71. The number of halogens is 1. The maximum atomic E-state index is 13.2. The van der Waals surface area contributed by atoms with Crippen LogP contribution in [0.1, 0.15) is 40.9 Å². The number of methoxy groups -OCH3 is 1. The number of para-hydroxylation sites is 1. The lowest BCUT2D eigenvalue weighted by Gasteiger charge is -2.50. The Morgan fingerprint density at radius 2 is 2.00 bits per heavy atom. The van der Waals surface area contributed by atoms with Gasteiger partial charge in [0.15, 0.2) is 17.2 Å². The zero-order valence-corrected chi connectivity index (χ0v) is 19.6. The highest BCUT2D eigenvalue weighted by Gasteiger charge is 2.50. The first-order valence-electron chi connectivity index (χ1n) is 11.0. The topological polar surface area (TPSA) is 79.9 Å². The fraction of sp³-hybridized carbons (Fsp3) is 0.231. The van der Waals surface area contributed by atoms with Crippen molar-refractivity contribution in [3.8, 4) is 11.5 Å². The van der Waals surface area contributed by atoms with Crippen LogP contribution in [0.15, 0.2) is 66.7 Å². The zero-order chi connectivity index (χ0) is 23.9. The van der Waals surface area contributed by atoms with Crippen LogP contribution in [-0.4, -0.2) is 24.8 Å². The maximum Gasteiger partial charge on any atom is 0.325 e. The fourth-order valence-corrected chi connectivity index (χ4v) is 4.82. The number of nitrogens with one attached hydrogen (secondary N) is 2. The third-order valence-electron chi connectivity index (χ3n) is 6.25. The number of fused-ring (bicyclic) bond motifs is 4. The van der Waals surface area contributed by atoms with Crippen LogP contribution in [-0.2, 0) is 6.54 Å². The Kier molecular flexibility index (Phi) is 5.57. The largest absolute Gasteiger partial charge is 0.493 e. The summed E-state index contributed by atoms with van der Waals surface area (Å²) in [7, 11) is 1.59. The number of amides is 3. The van der Waals surface area contributed by atoms with Crippen LogP contribution in [0.2, 0.25) is 5.02 Å². The van der Waals surface area contributed by atoms with E-state index in [1.165, 1.54) is 0 Å². The summed E-state index contributed by atoms with van der Waals surface area (Å²) < 4.78 is 11.9. The average molecular weight is 478 g/mol. The highest BCUT2D eigenvalue weighted by atomic mass is 35.5. The zero-order valence-electron chi connectivity index (χ0n) is 18.8. The Morgan fingerprint density at radius 1 is 1.21 bits per heavy atom. The Balaban J connectivity index is 1.42. The van der Waals surface area contributed by atoms with Gasteiger partial charge in [-0.2, -0.15) is 0 Å². The van der Waals surface area contributed by atoms with Crippen molar-refractivity contribution in [1.29, 1.82) is 0 Å². The van der Waals surface area contributed by atoms with E-state index in [-0.39, 0.29) is 18.0 Å². The Bertz CT molecular complexity index is 1280. The SMILES string of the molecule is COc1cccc2c1OC1(C)CC2NC(=O)N1c1cccc(C(=O)NCc2ccccc2Cl)c1. The first-order valence-corrected chi connectivity index (χ1v) is 11.4. The van der Waals surface area contributed by atoms with Crippen LogP contribution in [0.3, 0.4) is 0 Å². The fourth-order valence-electron chi connectivity index (χ4n) is 4.62. The highest BCUT2D eigenvalue weighted by molar-refractivity contribution is 6.31. The first kappa shape index (κ1) is 22.1. The second kappa shape index (κ2) is 8.57. The van der Waals surface area contributed by atoms with Crippen molar-refractivity contribution in [1.82, 2.24) is 10.6 Å². The molecule has 3 amide bonds. The summed E-state index contributed by atoms with van der Waals surface area (Å²) in [5.41, 5.74) is 1.74. The molecule has 5 rings (SSSR count). The lowest BCUT2D eigenvalue weighted by Crippen LogP contribution is -2.65. The van der Waals surface area contributed by atoms with Crippen molar-refractivity contribution >= 4 is 29.2 Å². The lowest BCUT2D eigenvalue weighted by molar-refractivity contribution is 0.0349. The number of rotatable bonds is 5. The second-order valence-corrected chi connectivity index (χ2v) is 8.93. The van der Waals surface area contributed by atoms with Crippen LogP contribution >= 0.6 is 11.6 Å². The van der Waals surface area contributed by atoms with Crippen molar-refractivity contribution in [3.63, 3.8) is 0 Å². The molecule has 174 valence electrons. The van der Waals surface area contributed by atoms with Crippen LogP contribution in [0, 0.1) is 0 Å². The molecule has 0 aromatic heterocycles. The number of anilines is 1. The van der Waals surface area contributed by atoms with E-state index in [4.69, 9.17) is 21.1 Å². The normalized spacial score (nSPS) is 20.6. The highest BCUT2D eigenvalue weighted by Crippen LogP contribution is 2.49. The predicted molar refractivity (Wildman–Crippen MR) is 129 cm³/mol. The molecule has 2 aliphatic heterocycles. The van der Waals surface area contributed by atoms with E-state index < -0.39 is 5.72 Å². The van der Waals surface area contributed by atoms with Gasteiger partial charge in [-0.05, 0) is 42.8 Å². The van der Waals surface area contributed by atoms with Gasteiger partial charge in [0.05, 0.1) is 18.8 Å². The van der Waals surface area contributed by atoms with E-state index in [1.54, 1.807) is 42.3 Å². The van der Waals surface area contributed by atoms with Gasteiger partial charge in [-0.15, -0.1) is 0 Å². The smallest absolute Gasteiger partial charge is 0.325 e. The van der Waals surface area contributed by atoms with Gasteiger partial charge in [-0.1, -0.05) is 48.0 Å². The molecule has 1 fully saturated rings. The molecule has 3 aromatic rings. The monoisotopic (exact) mass is 477 g/mol. The van der Waals surface area contributed by atoms with Crippen LogP contribution < -0.4 is 25.0 Å². The first-order chi connectivity index (χ1) is 16.4. The number of nitrogens with zero attached hydrogens (tertiary/aromatic N) is 1. The molecule has 2 N–H and O–H groups in total. The molecule has 0 spiro atoms. The molecule has 2 heterocycles. The molecular formula is C26H24ClN3O4. The van der Waals surface area contributed by atoms with Crippen molar-refractivity contribution in [2.45, 2.75) is 31.7 Å². The molecule has 8 heteroatoms. The van der Waals surface area contributed by atoms with Gasteiger partial charge in [-0.3, -0.25) is 9.69 Å². The predicted octanol–water partition coefficient (Wildman–Crippen LogP) is 5.05. The van der Waals surface area contributed by atoms with E-state index in [9.17, 15) is 9.59 Å². The van der Waals surface area contributed by atoms with Gasteiger partial charge < -0.3 is 20.1 Å². The van der Waals surface area contributed by atoms with Gasteiger partial charge in [0.1, 0.15) is 0 Å². The van der Waals surface area contributed by atoms with Crippen molar-refractivity contribution < 1.29 is 19.1 Å². The van der Waals surface area contributed by atoms with Gasteiger partial charge >= 0.3 is 6.03 Å². The Morgan fingerprint density at radius 3 is 2.79 bits per heavy atom. The number of hydrogen-bond acceptors (Lipinski definition) is 4. The molecule has 3 aromatic carbocycles. The van der Waals surface area contributed by atoms with Gasteiger partial charge in [0.2, 0.25) is 0 Å². The summed E-state index contributed by atoms with van der Waals surface area (Å²) in [6, 6.07) is 19.4. The maximum absolute atomic E-state index is 13.2. The van der Waals surface area contributed by atoms with E-state index in [0.717, 1.165) is 11.1 Å². The van der Waals surface area contributed by atoms with Gasteiger partial charge in [0.25, 0.3) is 5.91 Å². The van der Waals surface area contributed by atoms with Crippen LogP contribution in [0.4, 0.5) is 10.5 Å². The van der Waals surface area contributed by atoms with E-state index >= 15 is 0 Å². The van der Waals surface area contributed by atoms with Crippen LogP contribution in [0.25, 0.3) is 0 Å². The summed E-state index contributed by atoms with van der Waals surface area (Å²) in [5, 5.41) is 6.55. The molecule has 7 nitrogen and oxygen atoms in total. The molecular weight excluding hydrogens is 454 g/mol. The summed E-state index contributed by atoms with van der Waals surface area (Å²) in [5.74, 6) is 0.957. The summed E-state index contributed by atoms with van der Waals surface area (Å²) in [6.45, 7) is 2.17. The summed E-state index contributed by atoms with van der Waals surface area (Å²) in [6.07, 6.45) is 0.543. The minimum absolute atomic E-state index is 0.199. The molecule has 2 atom stereocenters. The Labute approximate surface area is 202 Å². The molecule has 2 bridgehead atoms. The quantitative estimate of drug-likeness (QED) is 0.539. The minimum Gasteiger partial charge on any atom is -0.493 e. The van der Waals surface area contributed by atoms with Crippen LogP contribution in [0.5, 0.6) is 11.5 Å².